The van der Waals surface area contributed by atoms with Crippen LogP contribution in [0.5, 0.6) is 0 Å². The summed E-state index contributed by atoms with van der Waals surface area (Å²) in [6, 6.07) is 0. The number of fused-ring (bicyclic) bond motifs is 2. The SMILES string of the molecule is C1=CC2CCC(CCC3CCC4C=CC=CC43)C2C=C1.CC(C)O.CC(C)O.[Zr+2]. The predicted octanol–water partition coefficient (Wildman–Crippen LogP) is 6.08. The number of hydrogen-bond donors (Lipinski definition) is 2. The molecule has 2 nitrogen and oxygen atoms in total. The smallest absolute Gasteiger partial charge is 0.394 e. The van der Waals surface area contributed by atoms with Gasteiger partial charge in [0.05, 0.1) is 0 Å². The van der Waals surface area contributed by atoms with Crippen LogP contribution < -0.4 is 0 Å². The fourth-order valence-electron chi connectivity index (χ4n) is 5.23. The summed E-state index contributed by atoms with van der Waals surface area (Å²) in [6.45, 7) is 6.89. The summed E-state index contributed by atoms with van der Waals surface area (Å²) in [5.41, 5.74) is 0. The van der Waals surface area contributed by atoms with Gasteiger partial charge in [0.2, 0.25) is 0 Å². The van der Waals surface area contributed by atoms with E-state index < -0.39 is 0 Å². The Labute approximate surface area is 198 Å². The second-order valence-corrected chi connectivity index (χ2v) is 9.46. The van der Waals surface area contributed by atoms with Gasteiger partial charge in [0, 0.05) is 12.2 Å². The van der Waals surface area contributed by atoms with Crippen molar-refractivity contribution in [2.24, 2.45) is 35.5 Å². The van der Waals surface area contributed by atoms with Gasteiger partial charge in [-0.2, -0.15) is 0 Å². The van der Waals surface area contributed by atoms with Crippen molar-refractivity contribution in [2.45, 2.75) is 78.4 Å². The minimum atomic E-state index is -0.167. The van der Waals surface area contributed by atoms with E-state index in [2.05, 4.69) is 48.6 Å². The van der Waals surface area contributed by atoms with E-state index in [0.29, 0.717) is 0 Å². The van der Waals surface area contributed by atoms with Crippen LogP contribution in [-0.4, -0.2) is 22.4 Å². The monoisotopic (exact) mass is 476 g/mol. The molecule has 0 radical (unpaired) electrons. The molecule has 0 heterocycles. The number of hydrogen-bond acceptors (Lipinski definition) is 2. The van der Waals surface area contributed by atoms with Crippen LogP contribution in [0.4, 0.5) is 0 Å². The minimum absolute atomic E-state index is 0. The number of aliphatic hydroxyl groups excluding tert-OH is 2. The van der Waals surface area contributed by atoms with Gasteiger partial charge in [-0.15, -0.1) is 0 Å². The van der Waals surface area contributed by atoms with Crippen LogP contribution in [0.25, 0.3) is 0 Å². The van der Waals surface area contributed by atoms with Crippen molar-refractivity contribution in [3.63, 3.8) is 0 Å². The Balaban J connectivity index is 0.000000405. The summed E-state index contributed by atoms with van der Waals surface area (Å²) in [7, 11) is 0. The zero-order valence-electron chi connectivity index (χ0n) is 18.9. The van der Waals surface area contributed by atoms with E-state index in [1.165, 1.54) is 38.5 Å². The Hall–Kier alpha value is -0.237. The Morgan fingerprint density at radius 1 is 0.621 bits per heavy atom. The van der Waals surface area contributed by atoms with Crippen LogP contribution in [0.3, 0.4) is 0 Å². The van der Waals surface area contributed by atoms with Crippen molar-refractivity contribution in [3.8, 4) is 0 Å². The molecule has 6 unspecified atom stereocenters. The predicted molar refractivity (Wildman–Crippen MR) is 120 cm³/mol. The zero-order chi connectivity index (χ0) is 20.5. The van der Waals surface area contributed by atoms with E-state index >= 15 is 0 Å². The van der Waals surface area contributed by atoms with E-state index in [9.17, 15) is 0 Å². The molecule has 0 aromatic rings. The third-order valence-electron chi connectivity index (χ3n) is 6.33. The maximum absolute atomic E-state index is 8.06. The van der Waals surface area contributed by atoms with Crippen LogP contribution in [0.2, 0.25) is 0 Å². The first-order valence-electron chi connectivity index (χ1n) is 11.4. The fraction of sp³-hybridized carbons (Fsp3) is 0.692. The van der Waals surface area contributed by atoms with E-state index in [-0.39, 0.29) is 38.4 Å². The first-order chi connectivity index (χ1) is 13.4. The Morgan fingerprint density at radius 3 is 1.28 bits per heavy atom. The molecule has 0 saturated heterocycles. The first kappa shape index (κ1) is 26.8. The topological polar surface area (TPSA) is 40.5 Å². The van der Waals surface area contributed by atoms with Gasteiger partial charge in [0.25, 0.3) is 0 Å². The summed E-state index contributed by atoms with van der Waals surface area (Å²) in [5.74, 6) is 5.36. The molecule has 2 fully saturated rings. The van der Waals surface area contributed by atoms with E-state index in [1.807, 2.05) is 0 Å². The number of allylic oxidation sites excluding steroid dienone is 8. The van der Waals surface area contributed by atoms with Crippen molar-refractivity contribution in [3.05, 3.63) is 48.6 Å². The molecule has 29 heavy (non-hydrogen) atoms. The van der Waals surface area contributed by atoms with Gasteiger partial charge in [0.15, 0.2) is 0 Å². The van der Waals surface area contributed by atoms with E-state index in [4.69, 9.17) is 10.2 Å². The molecule has 0 spiro atoms. The third kappa shape index (κ3) is 9.20. The van der Waals surface area contributed by atoms with Crippen LogP contribution in [0, 0.1) is 35.5 Å². The molecular weight excluding hydrogens is 436 g/mol. The summed E-state index contributed by atoms with van der Waals surface area (Å²) in [6.07, 6.45) is 27.3. The fourth-order valence-corrected chi connectivity index (χ4v) is 5.23. The largest absolute Gasteiger partial charge is 2.00 e. The average Bonchev–Trinajstić information content (AvgIpc) is 3.23. The van der Waals surface area contributed by atoms with Gasteiger partial charge in [-0.3, -0.25) is 0 Å². The van der Waals surface area contributed by atoms with Crippen LogP contribution >= 0.6 is 0 Å². The van der Waals surface area contributed by atoms with Gasteiger partial charge in [-0.05, 0) is 102 Å². The maximum atomic E-state index is 8.06. The molecule has 0 aromatic carbocycles. The van der Waals surface area contributed by atoms with Crippen molar-refractivity contribution in [2.75, 3.05) is 0 Å². The van der Waals surface area contributed by atoms with Crippen molar-refractivity contribution < 1.29 is 36.4 Å². The van der Waals surface area contributed by atoms with Gasteiger partial charge in [0.1, 0.15) is 0 Å². The van der Waals surface area contributed by atoms with Gasteiger partial charge in [-0.25, -0.2) is 0 Å². The second kappa shape index (κ2) is 13.9. The van der Waals surface area contributed by atoms with Gasteiger partial charge < -0.3 is 10.2 Å². The molecule has 6 atom stereocenters. The van der Waals surface area contributed by atoms with E-state index in [1.54, 1.807) is 27.7 Å². The van der Waals surface area contributed by atoms with Gasteiger partial charge >= 0.3 is 26.2 Å². The van der Waals surface area contributed by atoms with E-state index in [0.717, 1.165) is 35.5 Å². The molecule has 4 aliphatic carbocycles. The summed E-state index contributed by atoms with van der Waals surface area (Å²) in [4.78, 5) is 0. The first-order valence-corrected chi connectivity index (χ1v) is 11.4. The molecule has 0 aliphatic heterocycles. The molecule has 2 saturated carbocycles. The number of rotatable bonds is 3. The molecule has 0 bridgehead atoms. The molecule has 4 rings (SSSR count). The Morgan fingerprint density at radius 2 is 0.931 bits per heavy atom. The third-order valence-corrected chi connectivity index (χ3v) is 6.33. The summed E-state index contributed by atoms with van der Waals surface area (Å²) >= 11 is 0. The average molecular weight is 478 g/mol. The molecule has 0 amide bonds. The Kier molecular flexibility index (Phi) is 12.9. The molecule has 2 N–H and O–H groups in total. The van der Waals surface area contributed by atoms with Gasteiger partial charge in [-0.1, -0.05) is 48.6 Å². The van der Waals surface area contributed by atoms with Crippen molar-refractivity contribution >= 4 is 0 Å². The molecule has 4 aliphatic rings. The van der Waals surface area contributed by atoms with Crippen molar-refractivity contribution in [1.29, 1.82) is 0 Å². The Bertz CT molecular complexity index is 506. The van der Waals surface area contributed by atoms with Crippen molar-refractivity contribution in [1.82, 2.24) is 0 Å². The summed E-state index contributed by atoms with van der Waals surface area (Å²) < 4.78 is 0. The second-order valence-electron chi connectivity index (χ2n) is 9.46. The quantitative estimate of drug-likeness (QED) is 0.517. The summed E-state index contributed by atoms with van der Waals surface area (Å²) in [5, 5.41) is 16.1. The van der Waals surface area contributed by atoms with Crippen LogP contribution in [-0.2, 0) is 26.2 Å². The maximum Gasteiger partial charge on any atom is 2.00 e. The minimum Gasteiger partial charge on any atom is -0.394 e. The molecule has 3 heteroatoms. The molecule has 160 valence electrons. The molecular formula is C26H42O2Zr+2. The normalized spacial score (nSPS) is 33.4. The number of aliphatic hydroxyl groups is 2. The molecule has 0 aromatic heterocycles. The standard InChI is InChI=1S/C20H26.2C3H8O.Zr/c1-3-7-19-15(5-1)9-11-17(19)13-14-18-12-10-16-6-2-4-8-20(16)18;2*1-3(2)4;/h1-8,15-20H,9-14H2;2*3-4H,1-2H3;/q;;;+2. The van der Waals surface area contributed by atoms with Crippen LogP contribution in [0.1, 0.15) is 66.2 Å². The van der Waals surface area contributed by atoms with Crippen LogP contribution in [0.15, 0.2) is 48.6 Å². The zero-order valence-corrected chi connectivity index (χ0v) is 21.3.